The summed E-state index contributed by atoms with van der Waals surface area (Å²) in [7, 11) is -1.45. The molecule has 0 bridgehead atoms. The van der Waals surface area contributed by atoms with Gasteiger partial charge in [-0.1, -0.05) is 69.5 Å². The highest BCUT2D eigenvalue weighted by molar-refractivity contribution is 6.81. The van der Waals surface area contributed by atoms with Crippen LogP contribution < -0.4 is 0 Å². The van der Waals surface area contributed by atoms with Crippen molar-refractivity contribution >= 4 is 19.6 Å². The molecule has 0 fully saturated rings. The molecule has 0 saturated heterocycles. The predicted octanol–water partition coefficient (Wildman–Crippen LogP) is 4.72. The summed E-state index contributed by atoms with van der Waals surface area (Å²) in [5.41, 5.74) is 5.66. The Morgan fingerprint density at radius 1 is 1.05 bits per heavy atom. The SMILES string of the molecule is CC(C)C(C)N1C(=O)C=C(c2ccccc2)/C1=C\[Si](C)(C)C. The van der Waals surface area contributed by atoms with Crippen LogP contribution in [0.15, 0.2) is 47.8 Å². The summed E-state index contributed by atoms with van der Waals surface area (Å²) >= 11 is 0. The van der Waals surface area contributed by atoms with E-state index in [1.165, 1.54) is 0 Å². The lowest BCUT2D eigenvalue weighted by Crippen LogP contribution is -2.38. The van der Waals surface area contributed by atoms with Gasteiger partial charge in [-0.05, 0) is 18.4 Å². The van der Waals surface area contributed by atoms with E-state index in [0.29, 0.717) is 5.92 Å². The van der Waals surface area contributed by atoms with Crippen molar-refractivity contribution < 1.29 is 4.79 Å². The first-order valence-electron chi connectivity index (χ1n) is 8.04. The van der Waals surface area contributed by atoms with E-state index < -0.39 is 8.07 Å². The third-order valence-corrected chi connectivity index (χ3v) is 5.21. The van der Waals surface area contributed by atoms with Crippen molar-refractivity contribution in [2.24, 2.45) is 5.92 Å². The molecule has 1 unspecified atom stereocenters. The zero-order valence-corrected chi connectivity index (χ0v) is 15.6. The molecule has 0 spiro atoms. The van der Waals surface area contributed by atoms with Crippen molar-refractivity contribution in [3.8, 4) is 0 Å². The van der Waals surface area contributed by atoms with Gasteiger partial charge in [0.1, 0.15) is 0 Å². The summed E-state index contributed by atoms with van der Waals surface area (Å²) < 4.78 is 0. The van der Waals surface area contributed by atoms with E-state index in [1.54, 1.807) is 6.08 Å². The molecule has 22 heavy (non-hydrogen) atoms. The van der Waals surface area contributed by atoms with Gasteiger partial charge in [-0.25, -0.2) is 0 Å². The van der Waals surface area contributed by atoms with E-state index in [2.05, 4.69) is 58.2 Å². The molecule has 118 valence electrons. The summed E-state index contributed by atoms with van der Waals surface area (Å²) in [5.74, 6) is 0.544. The molecule has 0 radical (unpaired) electrons. The molecule has 1 aliphatic rings. The second-order valence-corrected chi connectivity index (χ2v) is 12.5. The third-order valence-electron chi connectivity index (χ3n) is 4.07. The lowest BCUT2D eigenvalue weighted by Gasteiger charge is -2.31. The molecule has 0 aliphatic carbocycles. The minimum absolute atomic E-state index is 0.115. The van der Waals surface area contributed by atoms with Crippen LogP contribution in [0.4, 0.5) is 0 Å². The molecule has 0 saturated carbocycles. The van der Waals surface area contributed by atoms with Gasteiger partial charge < -0.3 is 4.90 Å². The highest BCUT2D eigenvalue weighted by Crippen LogP contribution is 2.35. The fourth-order valence-electron chi connectivity index (χ4n) is 2.64. The molecule has 1 heterocycles. The second-order valence-electron chi connectivity index (χ2n) is 7.51. The highest BCUT2D eigenvalue weighted by atomic mass is 28.3. The first-order chi connectivity index (χ1) is 10.2. The van der Waals surface area contributed by atoms with Crippen LogP contribution in [0.2, 0.25) is 19.6 Å². The Morgan fingerprint density at radius 2 is 1.64 bits per heavy atom. The van der Waals surface area contributed by atoms with Crippen LogP contribution in [0.5, 0.6) is 0 Å². The second kappa shape index (κ2) is 6.25. The molecule has 0 aromatic heterocycles. The fourth-order valence-corrected chi connectivity index (χ4v) is 3.75. The van der Waals surface area contributed by atoms with Crippen LogP contribution in [-0.4, -0.2) is 24.9 Å². The van der Waals surface area contributed by atoms with E-state index in [0.717, 1.165) is 16.8 Å². The first kappa shape index (κ1) is 16.8. The summed E-state index contributed by atoms with van der Waals surface area (Å²) in [6.45, 7) is 13.4. The molecule has 3 heteroatoms. The quantitative estimate of drug-likeness (QED) is 0.737. The van der Waals surface area contributed by atoms with Crippen LogP contribution in [0.3, 0.4) is 0 Å². The minimum atomic E-state index is -1.45. The maximum absolute atomic E-state index is 12.6. The van der Waals surface area contributed by atoms with Gasteiger partial charge in [0.15, 0.2) is 0 Å². The summed E-state index contributed by atoms with van der Waals surface area (Å²) in [5, 5.41) is 0. The molecule has 1 amide bonds. The van der Waals surface area contributed by atoms with Crippen molar-refractivity contribution in [1.29, 1.82) is 0 Å². The molecule has 2 nitrogen and oxygen atoms in total. The van der Waals surface area contributed by atoms with E-state index in [9.17, 15) is 4.79 Å². The number of carbonyl (C=O) groups excluding carboxylic acids is 1. The third kappa shape index (κ3) is 3.58. The number of allylic oxidation sites excluding steroid dienone is 1. The normalized spacial score (nSPS) is 19.0. The van der Waals surface area contributed by atoms with Gasteiger partial charge >= 0.3 is 0 Å². The zero-order chi connectivity index (χ0) is 16.5. The Balaban J connectivity index is 2.53. The van der Waals surface area contributed by atoms with Crippen molar-refractivity contribution in [2.75, 3.05) is 0 Å². The lowest BCUT2D eigenvalue weighted by atomic mass is 10.0. The standard InChI is InChI=1S/C19H27NOSi/c1-14(2)15(3)20-18(13-22(4,5)6)17(12-19(20)21)16-10-8-7-9-11-16/h7-15H,1-6H3/b18-13+. The maximum atomic E-state index is 12.6. The zero-order valence-electron chi connectivity index (χ0n) is 14.6. The van der Waals surface area contributed by atoms with Crippen molar-refractivity contribution in [1.82, 2.24) is 4.90 Å². The van der Waals surface area contributed by atoms with Crippen LogP contribution in [-0.2, 0) is 4.79 Å². The molecule has 2 rings (SSSR count). The van der Waals surface area contributed by atoms with Crippen molar-refractivity contribution in [3.05, 3.63) is 53.4 Å². The summed E-state index contributed by atoms with van der Waals surface area (Å²) in [4.78, 5) is 14.6. The Kier molecular flexibility index (Phi) is 4.76. The molecule has 1 aromatic carbocycles. The predicted molar refractivity (Wildman–Crippen MR) is 97.0 cm³/mol. The van der Waals surface area contributed by atoms with Gasteiger partial charge in [-0.15, -0.1) is 0 Å². The molecule has 1 aromatic rings. The van der Waals surface area contributed by atoms with Gasteiger partial charge in [0.2, 0.25) is 0 Å². The van der Waals surface area contributed by atoms with Crippen molar-refractivity contribution in [3.63, 3.8) is 0 Å². The van der Waals surface area contributed by atoms with Gasteiger partial charge in [0.25, 0.3) is 5.91 Å². The average molecular weight is 314 g/mol. The fraction of sp³-hybridized carbons (Fsp3) is 0.421. The topological polar surface area (TPSA) is 20.3 Å². The van der Waals surface area contributed by atoms with E-state index in [1.807, 2.05) is 23.1 Å². The van der Waals surface area contributed by atoms with Crippen LogP contribution in [0.1, 0.15) is 26.3 Å². The molecule has 1 atom stereocenters. The number of rotatable bonds is 4. The van der Waals surface area contributed by atoms with Crippen molar-refractivity contribution in [2.45, 2.75) is 46.5 Å². The van der Waals surface area contributed by atoms with Gasteiger partial charge in [-0.3, -0.25) is 4.79 Å². The largest absolute Gasteiger partial charge is 0.306 e. The molecular weight excluding hydrogens is 286 g/mol. The number of hydrogen-bond donors (Lipinski definition) is 0. The molecule has 1 aliphatic heterocycles. The summed E-state index contributed by atoms with van der Waals surface area (Å²) in [6.07, 6.45) is 1.81. The highest BCUT2D eigenvalue weighted by Gasteiger charge is 2.34. The Labute approximate surface area is 135 Å². The van der Waals surface area contributed by atoms with E-state index >= 15 is 0 Å². The number of benzene rings is 1. The molecule has 0 N–H and O–H groups in total. The van der Waals surface area contributed by atoms with Gasteiger partial charge in [0, 0.05) is 23.4 Å². The maximum Gasteiger partial charge on any atom is 0.251 e. The smallest absolute Gasteiger partial charge is 0.251 e. The van der Waals surface area contributed by atoms with Crippen LogP contribution >= 0.6 is 0 Å². The average Bonchev–Trinajstić information content (AvgIpc) is 2.73. The minimum Gasteiger partial charge on any atom is -0.306 e. The van der Waals surface area contributed by atoms with Gasteiger partial charge in [-0.2, -0.15) is 0 Å². The lowest BCUT2D eigenvalue weighted by molar-refractivity contribution is -0.125. The molecular formula is C19H27NOSi. The van der Waals surface area contributed by atoms with Crippen LogP contribution in [0.25, 0.3) is 5.57 Å². The summed E-state index contributed by atoms with van der Waals surface area (Å²) in [6, 6.07) is 10.4. The number of carbonyl (C=O) groups is 1. The Morgan fingerprint density at radius 3 is 2.14 bits per heavy atom. The number of amides is 1. The van der Waals surface area contributed by atoms with E-state index in [-0.39, 0.29) is 11.9 Å². The first-order valence-corrected chi connectivity index (χ1v) is 11.6. The van der Waals surface area contributed by atoms with Crippen LogP contribution in [0, 0.1) is 5.92 Å². The Bertz CT molecular complexity index is 608. The number of nitrogens with zero attached hydrogens (tertiary/aromatic N) is 1. The van der Waals surface area contributed by atoms with E-state index in [4.69, 9.17) is 0 Å². The Hall–Kier alpha value is -1.61. The van der Waals surface area contributed by atoms with Gasteiger partial charge in [0.05, 0.1) is 8.07 Å². The number of hydrogen-bond acceptors (Lipinski definition) is 1. The monoisotopic (exact) mass is 313 g/mol.